The summed E-state index contributed by atoms with van der Waals surface area (Å²) in [7, 11) is -3.52. The van der Waals surface area contributed by atoms with Crippen molar-refractivity contribution in [1.82, 2.24) is 9.62 Å². The summed E-state index contributed by atoms with van der Waals surface area (Å²) in [5, 5.41) is 2.04. The van der Waals surface area contributed by atoms with Crippen molar-refractivity contribution >= 4 is 21.4 Å². The van der Waals surface area contributed by atoms with Crippen LogP contribution < -0.4 is 4.72 Å². The second-order valence-electron chi connectivity index (χ2n) is 7.17. The summed E-state index contributed by atoms with van der Waals surface area (Å²) in [5.41, 5.74) is 2.48. The first kappa shape index (κ1) is 19.1. The topological polar surface area (TPSA) is 58.6 Å². The molecule has 2 aromatic rings. The number of thiophene rings is 1. The zero-order valence-electron chi connectivity index (χ0n) is 15.4. The monoisotopic (exact) mass is 406 g/mol. The molecule has 1 aliphatic heterocycles. The maximum absolute atomic E-state index is 12.9. The molecule has 146 valence electrons. The highest BCUT2D eigenvalue weighted by Gasteiger charge is 2.26. The maximum Gasteiger partial charge on any atom is 0.240 e. The number of nitrogens with one attached hydrogen (secondary N) is 1. The van der Waals surface area contributed by atoms with Gasteiger partial charge in [0, 0.05) is 24.5 Å². The summed E-state index contributed by atoms with van der Waals surface area (Å²) in [6.45, 7) is 3.41. The van der Waals surface area contributed by atoms with Gasteiger partial charge in [-0.25, -0.2) is 13.1 Å². The fourth-order valence-electron chi connectivity index (χ4n) is 3.93. The van der Waals surface area contributed by atoms with Crippen molar-refractivity contribution in [1.29, 1.82) is 0 Å². The molecular formula is C20H26N2O3S2. The van der Waals surface area contributed by atoms with E-state index in [4.69, 9.17) is 4.74 Å². The first-order valence-corrected chi connectivity index (χ1v) is 12.0. The number of nitrogens with zero attached hydrogens (tertiary/aromatic N) is 1. The molecule has 0 bridgehead atoms. The van der Waals surface area contributed by atoms with Gasteiger partial charge in [-0.05, 0) is 60.4 Å². The lowest BCUT2D eigenvalue weighted by Gasteiger charge is -2.34. The van der Waals surface area contributed by atoms with Crippen LogP contribution in [0.2, 0.25) is 0 Å². The lowest BCUT2D eigenvalue weighted by molar-refractivity contribution is 0.0179. The Morgan fingerprint density at radius 2 is 1.89 bits per heavy atom. The smallest absolute Gasteiger partial charge is 0.240 e. The molecule has 1 N–H and O–H groups in total. The highest BCUT2D eigenvalue weighted by molar-refractivity contribution is 7.89. The van der Waals surface area contributed by atoms with E-state index < -0.39 is 10.0 Å². The van der Waals surface area contributed by atoms with Crippen LogP contribution in [0, 0.1) is 0 Å². The minimum Gasteiger partial charge on any atom is -0.379 e. The molecular weight excluding hydrogens is 380 g/mol. The Labute approximate surface area is 165 Å². The lowest BCUT2D eigenvalue weighted by Crippen LogP contribution is -2.43. The molecule has 0 radical (unpaired) electrons. The van der Waals surface area contributed by atoms with Crippen molar-refractivity contribution in [3.05, 3.63) is 51.7 Å². The Kier molecular flexibility index (Phi) is 5.94. The highest BCUT2D eigenvalue weighted by Crippen LogP contribution is 2.27. The number of sulfonamides is 1. The highest BCUT2D eigenvalue weighted by atomic mass is 32.2. The number of morpholine rings is 1. The zero-order valence-corrected chi connectivity index (χ0v) is 17.0. The van der Waals surface area contributed by atoms with Crippen LogP contribution in [0.25, 0.3) is 0 Å². The normalized spacial score (nSPS) is 19.6. The molecule has 0 amide bonds. The van der Waals surface area contributed by atoms with Gasteiger partial charge in [0.15, 0.2) is 0 Å². The molecule has 2 heterocycles. The van der Waals surface area contributed by atoms with Gasteiger partial charge in [0.2, 0.25) is 10.0 Å². The molecule has 1 aromatic carbocycles. The van der Waals surface area contributed by atoms with Crippen LogP contribution >= 0.6 is 11.3 Å². The van der Waals surface area contributed by atoms with Gasteiger partial charge in [-0.3, -0.25) is 4.90 Å². The predicted octanol–water partition coefficient (Wildman–Crippen LogP) is 2.98. The van der Waals surface area contributed by atoms with Crippen molar-refractivity contribution in [2.45, 2.75) is 36.6 Å². The number of hydrogen-bond donors (Lipinski definition) is 1. The summed E-state index contributed by atoms with van der Waals surface area (Å²) >= 11 is 1.67. The van der Waals surface area contributed by atoms with E-state index in [1.54, 1.807) is 17.4 Å². The molecule has 1 atom stereocenters. The fraction of sp³-hybridized carbons (Fsp3) is 0.500. The van der Waals surface area contributed by atoms with Crippen LogP contribution in [0.15, 0.2) is 40.6 Å². The second kappa shape index (κ2) is 8.41. The van der Waals surface area contributed by atoms with Gasteiger partial charge in [-0.15, -0.1) is 11.3 Å². The molecule has 1 aromatic heterocycles. The molecule has 0 unspecified atom stereocenters. The molecule has 7 heteroatoms. The van der Waals surface area contributed by atoms with Gasteiger partial charge in [0.05, 0.1) is 24.2 Å². The van der Waals surface area contributed by atoms with Gasteiger partial charge in [-0.1, -0.05) is 12.1 Å². The molecule has 5 nitrogen and oxygen atoms in total. The molecule has 0 saturated carbocycles. The summed E-state index contributed by atoms with van der Waals surface area (Å²) in [4.78, 5) is 3.88. The van der Waals surface area contributed by atoms with Crippen LogP contribution in [0.5, 0.6) is 0 Å². The van der Waals surface area contributed by atoms with Gasteiger partial charge in [-0.2, -0.15) is 0 Å². The second-order valence-corrected chi connectivity index (χ2v) is 9.92. The van der Waals surface area contributed by atoms with Gasteiger partial charge in [0.25, 0.3) is 0 Å². The number of benzene rings is 1. The molecule has 1 fully saturated rings. The van der Waals surface area contributed by atoms with Crippen LogP contribution in [-0.4, -0.2) is 46.2 Å². The summed E-state index contributed by atoms with van der Waals surface area (Å²) in [6, 6.07) is 9.75. The minimum absolute atomic E-state index is 0.0429. The van der Waals surface area contributed by atoms with Gasteiger partial charge >= 0.3 is 0 Å². The van der Waals surface area contributed by atoms with Crippen molar-refractivity contribution in [3.63, 3.8) is 0 Å². The average molecular weight is 407 g/mol. The predicted molar refractivity (Wildman–Crippen MR) is 108 cm³/mol. The van der Waals surface area contributed by atoms with E-state index in [-0.39, 0.29) is 6.04 Å². The van der Waals surface area contributed by atoms with E-state index in [1.807, 2.05) is 23.6 Å². The van der Waals surface area contributed by atoms with Crippen LogP contribution in [-0.2, 0) is 27.6 Å². The molecule has 1 aliphatic carbocycles. The average Bonchev–Trinajstić information content (AvgIpc) is 3.23. The number of hydrogen-bond acceptors (Lipinski definition) is 5. The number of aryl methyl sites for hydroxylation is 2. The van der Waals surface area contributed by atoms with Crippen molar-refractivity contribution in [3.8, 4) is 0 Å². The summed E-state index contributed by atoms with van der Waals surface area (Å²) < 4.78 is 34.2. The van der Waals surface area contributed by atoms with Crippen LogP contribution in [0.3, 0.4) is 0 Å². The molecule has 0 spiro atoms. The summed E-state index contributed by atoms with van der Waals surface area (Å²) in [6.07, 6.45) is 4.37. The Hall–Kier alpha value is -1.25. The Morgan fingerprint density at radius 1 is 1.11 bits per heavy atom. The maximum atomic E-state index is 12.9. The zero-order chi connectivity index (χ0) is 18.7. The van der Waals surface area contributed by atoms with E-state index in [0.717, 1.165) is 32.4 Å². The summed E-state index contributed by atoms with van der Waals surface area (Å²) in [5.74, 6) is 0. The minimum atomic E-state index is -3.52. The molecule has 4 rings (SSSR count). The van der Waals surface area contributed by atoms with E-state index in [1.165, 1.54) is 22.4 Å². The van der Waals surface area contributed by atoms with Gasteiger partial charge in [0.1, 0.15) is 0 Å². The Balaban J connectivity index is 1.51. The molecule has 1 saturated heterocycles. The van der Waals surface area contributed by atoms with E-state index >= 15 is 0 Å². The Bertz CT molecular complexity index is 859. The number of fused-ring (bicyclic) bond motifs is 1. The molecule has 27 heavy (non-hydrogen) atoms. The van der Waals surface area contributed by atoms with Crippen LogP contribution in [0.4, 0.5) is 0 Å². The molecule has 2 aliphatic rings. The third-order valence-corrected chi connectivity index (χ3v) is 7.85. The largest absolute Gasteiger partial charge is 0.379 e. The van der Waals surface area contributed by atoms with Crippen LogP contribution in [0.1, 0.15) is 34.9 Å². The van der Waals surface area contributed by atoms with E-state index in [9.17, 15) is 8.42 Å². The fourth-order valence-corrected chi connectivity index (χ4v) is 5.88. The Morgan fingerprint density at radius 3 is 2.63 bits per heavy atom. The first-order chi connectivity index (χ1) is 13.1. The lowest BCUT2D eigenvalue weighted by atomic mass is 9.92. The van der Waals surface area contributed by atoms with Crippen molar-refractivity contribution in [2.75, 3.05) is 32.8 Å². The van der Waals surface area contributed by atoms with E-state index in [2.05, 4.69) is 15.7 Å². The standard InChI is InChI=1S/C20H26N2O3S2/c23-27(24,18-8-7-16-4-1-2-5-17(16)14-18)21-15-19(20-6-3-13-26-20)22-9-11-25-12-10-22/h3,6-8,13-14,19,21H,1-2,4-5,9-12,15H2/t19-/m0/s1. The first-order valence-electron chi connectivity index (χ1n) is 9.60. The SMILES string of the molecule is O=S(=O)(NC[C@@H](c1cccs1)N1CCOCC1)c1ccc2c(c1)CCCC2. The number of ether oxygens (including phenoxy) is 1. The van der Waals surface area contributed by atoms with Gasteiger partial charge < -0.3 is 4.74 Å². The van der Waals surface area contributed by atoms with Crippen molar-refractivity contribution < 1.29 is 13.2 Å². The number of rotatable bonds is 6. The van der Waals surface area contributed by atoms with Crippen molar-refractivity contribution in [2.24, 2.45) is 0 Å². The third-order valence-electron chi connectivity index (χ3n) is 5.46. The van der Waals surface area contributed by atoms with E-state index in [0.29, 0.717) is 24.7 Å². The quantitative estimate of drug-likeness (QED) is 0.801. The third kappa shape index (κ3) is 4.43.